The number of carbonyl (C=O) groups is 1. The Morgan fingerprint density at radius 3 is 2.36 bits per heavy atom. The molecule has 3 N–H and O–H groups in total. The van der Waals surface area contributed by atoms with Crippen molar-refractivity contribution in [3.63, 3.8) is 0 Å². The smallest absolute Gasteiger partial charge is 0.481 e. The summed E-state index contributed by atoms with van der Waals surface area (Å²) in [6, 6.07) is 5.69. The van der Waals surface area contributed by atoms with Crippen LogP contribution in [0.15, 0.2) is 24.3 Å². The molecule has 2 atom stereocenters. The third-order valence-corrected chi connectivity index (χ3v) is 3.40. The Balaban J connectivity index is 2.46. The summed E-state index contributed by atoms with van der Waals surface area (Å²) in [7, 11) is 0. The predicted octanol–water partition coefficient (Wildman–Crippen LogP) is 3.20. The highest BCUT2D eigenvalue weighted by atomic mass is 19.4. The average Bonchev–Trinajstić information content (AvgIpc) is 2.42. The van der Waals surface area contributed by atoms with Gasteiger partial charge in [-0.15, -0.1) is 13.2 Å². The van der Waals surface area contributed by atoms with Crippen molar-refractivity contribution in [3.05, 3.63) is 29.8 Å². The van der Waals surface area contributed by atoms with E-state index in [4.69, 9.17) is 10.8 Å². The summed E-state index contributed by atoms with van der Waals surface area (Å²) in [5, 5.41) is 8.94. The van der Waals surface area contributed by atoms with Gasteiger partial charge in [0, 0.05) is 6.54 Å². The molecule has 0 aliphatic heterocycles. The average molecular weight is 319 g/mol. The fourth-order valence-electron chi connectivity index (χ4n) is 2.17. The van der Waals surface area contributed by atoms with E-state index in [0.717, 1.165) is 12.0 Å². The minimum absolute atomic E-state index is 0.100. The van der Waals surface area contributed by atoms with Crippen molar-refractivity contribution in [2.75, 3.05) is 6.54 Å². The maximum absolute atomic E-state index is 12.0. The Morgan fingerprint density at radius 1 is 1.32 bits per heavy atom. The second-order valence-electron chi connectivity index (χ2n) is 5.34. The number of rotatable bonds is 8. The van der Waals surface area contributed by atoms with Gasteiger partial charge in [0.05, 0.1) is 5.92 Å². The molecule has 1 aromatic rings. The molecule has 0 aliphatic carbocycles. The molecule has 0 amide bonds. The molecule has 0 aliphatic rings. The lowest BCUT2D eigenvalue weighted by Crippen LogP contribution is -2.25. The van der Waals surface area contributed by atoms with Crippen LogP contribution in [0.3, 0.4) is 0 Å². The summed E-state index contributed by atoms with van der Waals surface area (Å²) in [5.74, 6) is -1.55. The van der Waals surface area contributed by atoms with E-state index in [1.54, 1.807) is 12.1 Å². The Hall–Kier alpha value is -1.76. The molecule has 1 aromatic carbocycles. The summed E-state index contributed by atoms with van der Waals surface area (Å²) in [6.07, 6.45) is -2.81. The first-order valence-corrected chi connectivity index (χ1v) is 6.99. The normalized spacial score (nSPS) is 14.4. The molecule has 0 fully saturated rings. The molecule has 1 rings (SSSR count). The lowest BCUT2D eigenvalue weighted by atomic mass is 9.91. The zero-order chi connectivity index (χ0) is 16.8. The van der Waals surface area contributed by atoms with Crippen LogP contribution in [0.1, 0.15) is 25.3 Å². The van der Waals surface area contributed by atoms with Crippen LogP contribution < -0.4 is 10.5 Å². The molecule has 124 valence electrons. The maximum Gasteiger partial charge on any atom is 0.573 e. The van der Waals surface area contributed by atoms with Gasteiger partial charge in [-0.1, -0.05) is 19.1 Å². The number of benzene rings is 1. The highest BCUT2D eigenvalue weighted by molar-refractivity contribution is 5.70. The highest BCUT2D eigenvalue weighted by Gasteiger charge is 2.30. The SMILES string of the molecule is CC(CCc1ccc(OC(F)(F)F)cc1)CC(CN)C(=O)O. The van der Waals surface area contributed by atoms with Crippen LogP contribution in [0, 0.1) is 11.8 Å². The van der Waals surface area contributed by atoms with Crippen LogP contribution in [0.5, 0.6) is 5.75 Å². The minimum atomic E-state index is -4.69. The molecular formula is C15H20F3NO3. The van der Waals surface area contributed by atoms with Gasteiger partial charge in [-0.2, -0.15) is 0 Å². The first-order valence-electron chi connectivity index (χ1n) is 6.99. The van der Waals surface area contributed by atoms with Crippen LogP contribution in [0.2, 0.25) is 0 Å². The van der Waals surface area contributed by atoms with Crippen molar-refractivity contribution >= 4 is 5.97 Å². The molecule has 2 unspecified atom stereocenters. The summed E-state index contributed by atoms with van der Waals surface area (Å²) in [5.41, 5.74) is 6.29. The fraction of sp³-hybridized carbons (Fsp3) is 0.533. The van der Waals surface area contributed by atoms with E-state index in [1.165, 1.54) is 12.1 Å². The van der Waals surface area contributed by atoms with E-state index in [0.29, 0.717) is 12.8 Å². The zero-order valence-corrected chi connectivity index (χ0v) is 12.3. The molecule has 7 heteroatoms. The predicted molar refractivity (Wildman–Crippen MR) is 75.4 cm³/mol. The number of carboxylic acid groups (broad SMARTS) is 1. The monoisotopic (exact) mass is 319 g/mol. The Labute approximate surface area is 127 Å². The molecule has 0 saturated carbocycles. The summed E-state index contributed by atoms with van der Waals surface area (Å²) in [6.45, 7) is 2.04. The molecule has 0 bridgehead atoms. The second-order valence-corrected chi connectivity index (χ2v) is 5.34. The van der Waals surface area contributed by atoms with E-state index in [1.807, 2.05) is 6.92 Å². The summed E-state index contributed by atoms with van der Waals surface area (Å²) >= 11 is 0. The van der Waals surface area contributed by atoms with Crippen molar-refractivity contribution < 1.29 is 27.8 Å². The molecule has 0 radical (unpaired) electrons. The summed E-state index contributed by atoms with van der Waals surface area (Å²) in [4.78, 5) is 10.9. The Morgan fingerprint density at radius 2 is 1.91 bits per heavy atom. The molecular weight excluding hydrogens is 299 g/mol. The van der Waals surface area contributed by atoms with Gasteiger partial charge >= 0.3 is 12.3 Å². The number of alkyl halides is 3. The lowest BCUT2D eigenvalue weighted by molar-refractivity contribution is -0.274. The van der Waals surface area contributed by atoms with Crippen molar-refractivity contribution in [1.82, 2.24) is 0 Å². The van der Waals surface area contributed by atoms with Gasteiger partial charge in [-0.05, 0) is 42.9 Å². The molecule has 22 heavy (non-hydrogen) atoms. The van der Waals surface area contributed by atoms with Gasteiger partial charge in [0.25, 0.3) is 0 Å². The van der Waals surface area contributed by atoms with Crippen LogP contribution in [-0.4, -0.2) is 24.0 Å². The number of hydrogen-bond donors (Lipinski definition) is 2. The maximum atomic E-state index is 12.0. The number of ether oxygens (including phenoxy) is 1. The third-order valence-electron chi connectivity index (χ3n) is 3.40. The number of nitrogens with two attached hydrogens (primary N) is 1. The lowest BCUT2D eigenvalue weighted by Gasteiger charge is -2.16. The first-order chi connectivity index (χ1) is 10.2. The van der Waals surface area contributed by atoms with E-state index in [9.17, 15) is 18.0 Å². The molecule has 0 spiro atoms. The van der Waals surface area contributed by atoms with Crippen LogP contribution in [0.4, 0.5) is 13.2 Å². The number of aliphatic carboxylic acids is 1. The van der Waals surface area contributed by atoms with Gasteiger partial charge < -0.3 is 15.6 Å². The Bertz CT molecular complexity index is 474. The molecule has 0 aromatic heterocycles. The highest BCUT2D eigenvalue weighted by Crippen LogP contribution is 2.24. The number of hydrogen-bond acceptors (Lipinski definition) is 3. The number of halogens is 3. The molecule has 0 saturated heterocycles. The number of aryl methyl sites for hydroxylation is 1. The van der Waals surface area contributed by atoms with Gasteiger partial charge in [-0.25, -0.2) is 0 Å². The number of carboxylic acids is 1. The molecule has 0 heterocycles. The van der Waals surface area contributed by atoms with Crippen LogP contribution in [-0.2, 0) is 11.2 Å². The first kappa shape index (κ1) is 18.3. The van der Waals surface area contributed by atoms with Crippen molar-refractivity contribution in [1.29, 1.82) is 0 Å². The topological polar surface area (TPSA) is 72.5 Å². The van der Waals surface area contributed by atoms with Gasteiger partial charge in [0.1, 0.15) is 5.75 Å². The Kier molecular flexibility index (Phi) is 6.67. The van der Waals surface area contributed by atoms with E-state index < -0.39 is 18.2 Å². The standard InChI is InChI=1S/C15H20F3NO3/c1-10(8-12(9-19)14(20)21)2-3-11-4-6-13(7-5-11)22-15(16,17)18/h4-7,10,12H,2-3,8-9,19H2,1H3,(H,20,21). The third kappa shape index (κ3) is 6.80. The largest absolute Gasteiger partial charge is 0.573 e. The fourth-order valence-corrected chi connectivity index (χ4v) is 2.17. The zero-order valence-electron chi connectivity index (χ0n) is 12.3. The van der Waals surface area contributed by atoms with Gasteiger partial charge in [-0.3, -0.25) is 4.79 Å². The van der Waals surface area contributed by atoms with Crippen molar-refractivity contribution in [2.24, 2.45) is 17.6 Å². The van der Waals surface area contributed by atoms with E-state index in [2.05, 4.69) is 4.74 Å². The van der Waals surface area contributed by atoms with Crippen molar-refractivity contribution in [2.45, 2.75) is 32.5 Å². The van der Waals surface area contributed by atoms with E-state index >= 15 is 0 Å². The van der Waals surface area contributed by atoms with Gasteiger partial charge in [0.2, 0.25) is 0 Å². The quantitative estimate of drug-likeness (QED) is 0.772. The second kappa shape index (κ2) is 8.03. The van der Waals surface area contributed by atoms with Crippen LogP contribution in [0.25, 0.3) is 0 Å². The van der Waals surface area contributed by atoms with Crippen molar-refractivity contribution in [3.8, 4) is 5.75 Å². The van der Waals surface area contributed by atoms with Gasteiger partial charge in [0.15, 0.2) is 0 Å². The molecule has 4 nitrogen and oxygen atoms in total. The van der Waals surface area contributed by atoms with E-state index in [-0.39, 0.29) is 18.2 Å². The summed E-state index contributed by atoms with van der Waals surface area (Å²) < 4.78 is 39.9. The van der Waals surface area contributed by atoms with Crippen LogP contribution >= 0.6 is 0 Å². The minimum Gasteiger partial charge on any atom is -0.481 e.